The number of benzene rings is 2. The number of piperidine rings is 1. The number of hydrogen-bond donors (Lipinski definition) is 0. The Morgan fingerprint density at radius 1 is 0.980 bits per heavy atom. The van der Waals surface area contributed by atoms with Crippen molar-refractivity contribution in [3.63, 3.8) is 0 Å². The molecular weight excluding hydrogens is 631 g/mol. The number of aromatic nitrogens is 4. The van der Waals surface area contributed by atoms with Gasteiger partial charge in [0.05, 0.1) is 31.5 Å². The number of rotatable bonds is 13. The van der Waals surface area contributed by atoms with Crippen LogP contribution in [-0.4, -0.2) is 80.7 Å². The zero-order chi connectivity index (χ0) is 34.5. The number of ether oxygens (including phenoxy) is 4. The summed E-state index contributed by atoms with van der Waals surface area (Å²) in [6, 6.07) is 14.1. The predicted octanol–water partition coefficient (Wildman–Crippen LogP) is 6.23. The molecule has 1 amide bonds. The molecule has 260 valence electrons. The second-order valence-electron chi connectivity index (χ2n) is 13.3. The van der Waals surface area contributed by atoms with Crippen molar-refractivity contribution in [3.05, 3.63) is 66.1 Å². The van der Waals surface area contributed by atoms with E-state index >= 15 is 0 Å². The Bertz CT molecular complexity index is 1770. The zero-order valence-electron chi connectivity index (χ0n) is 28.4. The van der Waals surface area contributed by atoms with Crippen LogP contribution in [0.3, 0.4) is 0 Å². The van der Waals surface area contributed by atoms with Gasteiger partial charge >= 0.3 is 12.1 Å². The number of unbranched alkanes of at least 4 members (excludes halogenated alkanes) is 2. The summed E-state index contributed by atoms with van der Waals surface area (Å²) in [4.78, 5) is 38.2. The van der Waals surface area contributed by atoms with E-state index in [1.54, 1.807) is 28.8 Å². The summed E-state index contributed by atoms with van der Waals surface area (Å²) in [7, 11) is 0. The molecule has 12 nitrogen and oxygen atoms in total. The number of likely N-dealkylation sites (tertiary alicyclic amines) is 1. The van der Waals surface area contributed by atoms with Crippen LogP contribution in [0.1, 0.15) is 65.4 Å². The third-order valence-electron chi connectivity index (χ3n) is 8.41. The van der Waals surface area contributed by atoms with Crippen LogP contribution >= 0.6 is 0 Å². The van der Waals surface area contributed by atoms with E-state index in [0.29, 0.717) is 79.9 Å². The fourth-order valence-corrected chi connectivity index (χ4v) is 6.15. The average Bonchev–Trinajstić information content (AvgIpc) is 3.49. The van der Waals surface area contributed by atoms with Crippen LogP contribution in [0.25, 0.3) is 16.7 Å². The summed E-state index contributed by atoms with van der Waals surface area (Å²) in [6.45, 7) is 9.32. The number of carbonyl (C=O) groups is 2. The van der Waals surface area contributed by atoms with Crippen molar-refractivity contribution in [2.24, 2.45) is 0 Å². The maximum absolute atomic E-state index is 14.5. The van der Waals surface area contributed by atoms with E-state index in [9.17, 15) is 14.0 Å². The van der Waals surface area contributed by atoms with E-state index in [1.807, 2.05) is 51.1 Å². The highest BCUT2D eigenvalue weighted by atomic mass is 19.1. The predicted molar refractivity (Wildman–Crippen MR) is 180 cm³/mol. The zero-order valence-corrected chi connectivity index (χ0v) is 28.4. The van der Waals surface area contributed by atoms with Crippen LogP contribution in [0.15, 0.2) is 54.7 Å². The van der Waals surface area contributed by atoms with Crippen molar-refractivity contribution in [2.45, 2.75) is 84.1 Å². The molecule has 49 heavy (non-hydrogen) atoms. The summed E-state index contributed by atoms with van der Waals surface area (Å²) in [5, 5.41) is 5.24. The number of fused-ring (bicyclic) bond motifs is 3. The average molecular weight is 675 g/mol. The molecule has 6 rings (SSSR count). The molecule has 13 heteroatoms. The van der Waals surface area contributed by atoms with E-state index in [1.165, 1.54) is 12.1 Å². The van der Waals surface area contributed by atoms with Crippen molar-refractivity contribution in [1.29, 1.82) is 0 Å². The molecule has 0 N–H and O–H groups in total. The van der Waals surface area contributed by atoms with Crippen LogP contribution in [-0.2, 0) is 20.9 Å². The van der Waals surface area contributed by atoms with Gasteiger partial charge in [0, 0.05) is 25.6 Å². The van der Waals surface area contributed by atoms with Crippen LogP contribution in [0, 0.1) is 5.82 Å². The van der Waals surface area contributed by atoms with Gasteiger partial charge in [-0.25, -0.2) is 13.9 Å². The Labute approximate surface area is 285 Å². The molecule has 2 aliphatic heterocycles. The van der Waals surface area contributed by atoms with E-state index in [0.717, 1.165) is 18.4 Å². The van der Waals surface area contributed by atoms with Gasteiger partial charge in [0.2, 0.25) is 11.8 Å². The first-order chi connectivity index (χ1) is 23.6. The molecular formula is C36H43FN6O6. The monoisotopic (exact) mass is 674 g/mol. The van der Waals surface area contributed by atoms with Crippen LogP contribution < -0.4 is 14.4 Å². The van der Waals surface area contributed by atoms with Crippen molar-refractivity contribution >= 4 is 29.0 Å². The fraction of sp³-hybridized carbons (Fsp3) is 0.472. The minimum Gasteiger partial charge on any atom is -0.491 e. The Morgan fingerprint density at radius 2 is 1.76 bits per heavy atom. The van der Waals surface area contributed by atoms with E-state index < -0.39 is 11.4 Å². The van der Waals surface area contributed by atoms with Gasteiger partial charge in [0.1, 0.15) is 34.8 Å². The van der Waals surface area contributed by atoms with Gasteiger partial charge < -0.3 is 28.7 Å². The lowest BCUT2D eigenvalue weighted by atomic mass is 9.88. The first kappa shape index (κ1) is 33.9. The number of anilines is 1. The van der Waals surface area contributed by atoms with E-state index in [4.69, 9.17) is 28.9 Å². The fourth-order valence-electron chi connectivity index (χ4n) is 6.15. The number of esters is 1. The highest BCUT2D eigenvalue weighted by Gasteiger charge is 2.48. The lowest BCUT2D eigenvalue weighted by Gasteiger charge is -2.55. The van der Waals surface area contributed by atoms with E-state index in [2.05, 4.69) is 10.00 Å². The molecule has 2 atom stereocenters. The minimum absolute atomic E-state index is 0.00982. The second kappa shape index (κ2) is 14.7. The number of amides is 1. The summed E-state index contributed by atoms with van der Waals surface area (Å²) in [5.41, 5.74) is 1.39. The van der Waals surface area contributed by atoms with Crippen LogP contribution in [0.2, 0.25) is 0 Å². The quantitative estimate of drug-likeness (QED) is 0.119. The summed E-state index contributed by atoms with van der Waals surface area (Å²) >= 11 is 0. The molecule has 2 saturated heterocycles. The maximum Gasteiger partial charge on any atom is 0.410 e. The van der Waals surface area contributed by atoms with E-state index in [-0.39, 0.29) is 30.8 Å². The molecule has 4 aromatic rings. The summed E-state index contributed by atoms with van der Waals surface area (Å²) in [6.07, 6.45) is 4.69. The lowest BCUT2D eigenvalue weighted by Crippen LogP contribution is -2.70. The number of carbonyl (C=O) groups excluding carboxylic acids is 2. The smallest absolute Gasteiger partial charge is 0.410 e. The molecule has 0 spiro atoms. The molecule has 2 aromatic carbocycles. The highest BCUT2D eigenvalue weighted by Crippen LogP contribution is 2.39. The normalized spacial score (nSPS) is 17.1. The third-order valence-corrected chi connectivity index (χ3v) is 8.41. The maximum atomic E-state index is 14.5. The molecule has 4 heterocycles. The van der Waals surface area contributed by atoms with Gasteiger partial charge in [-0.3, -0.25) is 4.79 Å². The number of halogens is 1. The van der Waals surface area contributed by atoms with Crippen molar-refractivity contribution in [2.75, 3.05) is 31.2 Å². The Balaban J connectivity index is 1.26. The molecule has 0 radical (unpaired) electrons. The molecule has 2 fully saturated rings. The molecule has 2 aromatic heterocycles. The van der Waals surface area contributed by atoms with Crippen LogP contribution in [0.5, 0.6) is 11.6 Å². The Kier molecular flexibility index (Phi) is 10.2. The molecule has 0 unspecified atom stereocenters. The molecule has 2 bridgehead atoms. The van der Waals surface area contributed by atoms with Gasteiger partial charge in [0.15, 0.2) is 5.65 Å². The first-order valence-electron chi connectivity index (χ1n) is 16.9. The van der Waals surface area contributed by atoms with Gasteiger partial charge in [-0.1, -0.05) is 30.3 Å². The standard InChI is InChI=1S/C36H43FN6O6/c1-5-46-31(44)14-10-7-11-17-47-30-18-25(37)15-16-29(30)43-32-28(20-38-43)33(48-23-24-12-8-6-9-13-24)40-34(39-32)42-26-19-27(42)22-41(21-26)35(45)49-36(2,3)4/h6,8-9,12-13,15-16,18,20,26-27H,5,7,10-11,14,17,19,21-23H2,1-4H3/t26-,27+. The van der Waals surface area contributed by atoms with Crippen molar-refractivity contribution in [3.8, 4) is 17.3 Å². The van der Waals surface area contributed by atoms with Crippen LogP contribution in [0.4, 0.5) is 15.1 Å². The van der Waals surface area contributed by atoms with Crippen molar-refractivity contribution < 1.29 is 32.9 Å². The molecule has 0 saturated carbocycles. The summed E-state index contributed by atoms with van der Waals surface area (Å²) < 4.78 is 39.1. The van der Waals surface area contributed by atoms with Gasteiger partial charge in [-0.2, -0.15) is 15.1 Å². The van der Waals surface area contributed by atoms with Gasteiger partial charge in [0.25, 0.3) is 0 Å². The summed E-state index contributed by atoms with van der Waals surface area (Å²) in [5.74, 6) is 0.500. The molecule has 2 aliphatic rings. The minimum atomic E-state index is -0.580. The Morgan fingerprint density at radius 3 is 2.49 bits per heavy atom. The number of hydrogen-bond acceptors (Lipinski definition) is 10. The van der Waals surface area contributed by atoms with Gasteiger partial charge in [-0.15, -0.1) is 0 Å². The molecule has 0 aliphatic carbocycles. The van der Waals surface area contributed by atoms with Crippen molar-refractivity contribution in [1.82, 2.24) is 24.6 Å². The highest BCUT2D eigenvalue weighted by molar-refractivity contribution is 5.83. The third kappa shape index (κ3) is 8.03. The first-order valence-corrected chi connectivity index (χ1v) is 16.9. The Hall–Kier alpha value is -4.94. The van der Waals surface area contributed by atoms with Gasteiger partial charge in [-0.05, 0) is 71.1 Å². The SMILES string of the molecule is CCOC(=O)CCCCCOc1cc(F)ccc1-n1ncc2c(OCc3ccccc3)nc(N3[C@@H]4C[C@H]3CN(C(=O)OC(C)(C)C)C4)nc21. The largest absolute Gasteiger partial charge is 0.491 e. The topological polar surface area (TPSA) is 121 Å². The number of piperazine rings is 1. The second-order valence-corrected chi connectivity index (χ2v) is 13.3. The number of nitrogens with zero attached hydrogens (tertiary/aromatic N) is 6. The lowest BCUT2D eigenvalue weighted by molar-refractivity contribution is -0.143.